The maximum atomic E-state index is 5.84. The summed E-state index contributed by atoms with van der Waals surface area (Å²) < 4.78 is 0. The largest absolute Gasteiger partial charge is 0.369 e. The average Bonchev–Trinajstić information content (AvgIpc) is 2.08. The summed E-state index contributed by atoms with van der Waals surface area (Å²) in [6, 6.07) is 7.26. The van der Waals surface area contributed by atoms with Crippen molar-refractivity contribution < 1.29 is 0 Å². The lowest BCUT2D eigenvalue weighted by molar-refractivity contribution is 1.21. The highest BCUT2D eigenvalue weighted by Crippen LogP contribution is 2.12. The summed E-state index contributed by atoms with van der Waals surface area (Å²) >= 11 is 5.84. The average molecular weight is 213 g/mol. The molecule has 1 aromatic rings. The molecule has 0 spiro atoms. The van der Waals surface area contributed by atoms with E-state index in [-0.39, 0.29) is 13.4 Å². The lowest BCUT2D eigenvalue weighted by Crippen LogP contribution is -2.21. The molecule has 0 heterocycles. The number of guanidine groups is 1. The van der Waals surface area contributed by atoms with Gasteiger partial charge in [-0.2, -0.15) is 5.10 Å². The van der Waals surface area contributed by atoms with E-state index >= 15 is 0 Å². The van der Waals surface area contributed by atoms with E-state index in [4.69, 9.17) is 23.1 Å². The number of rotatable bonds is 2. The topological polar surface area (TPSA) is 76.8 Å². The Kier molecular flexibility index (Phi) is 5.33. The van der Waals surface area contributed by atoms with Gasteiger partial charge in [0.2, 0.25) is 5.96 Å². The molecule has 76 valence electrons. The van der Waals surface area contributed by atoms with Gasteiger partial charge < -0.3 is 11.5 Å². The van der Waals surface area contributed by atoms with Gasteiger partial charge in [0.05, 0.1) is 6.21 Å². The molecule has 4 N–H and O–H groups in total. The van der Waals surface area contributed by atoms with Crippen molar-refractivity contribution in [2.45, 2.75) is 7.43 Å². The Balaban J connectivity index is 0.00000169. The second-order valence-corrected chi connectivity index (χ2v) is 2.70. The molecular weight excluding hydrogens is 200 g/mol. The van der Waals surface area contributed by atoms with Gasteiger partial charge in [-0.3, -0.25) is 0 Å². The Hall–Kier alpha value is -1.55. The van der Waals surface area contributed by atoms with Crippen molar-refractivity contribution in [1.29, 1.82) is 0 Å². The predicted octanol–water partition coefficient (Wildman–Crippen LogP) is 1.58. The number of hydrogen-bond acceptors (Lipinski definition) is 2. The SMILES string of the molecule is C.NC(N)=N/N=C/c1ccccc1Cl. The highest BCUT2D eigenvalue weighted by molar-refractivity contribution is 6.33. The van der Waals surface area contributed by atoms with Crippen LogP contribution >= 0.6 is 11.6 Å². The van der Waals surface area contributed by atoms with Crippen LogP contribution in [0.1, 0.15) is 13.0 Å². The van der Waals surface area contributed by atoms with Gasteiger partial charge in [0.25, 0.3) is 0 Å². The second-order valence-electron chi connectivity index (χ2n) is 2.29. The van der Waals surface area contributed by atoms with Crippen molar-refractivity contribution in [2.24, 2.45) is 21.7 Å². The number of halogens is 1. The first-order valence-electron chi connectivity index (χ1n) is 3.56. The van der Waals surface area contributed by atoms with Crippen LogP contribution in [-0.2, 0) is 0 Å². The smallest absolute Gasteiger partial charge is 0.211 e. The van der Waals surface area contributed by atoms with E-state index in [9.17, 15) is 0 Å². The van der Waals surface area contributed by atoms with E-state index in [1.807, 2.05) is 18.2 Å². The first-order chi connectivity index (χ1) is 6.20. The summed E-state index contributed by atoms with van der Waals surface area (Å²) in [6.45, 7) is 0. The molecule has 0 amide bonds. The van der Waals surface area contributed by atoms with Crippen LogP contribution in [-0.4, -0.2) is 12.2 Å². The molecular formula is C9H13ClN4. The molecule has 0 aliphatic carbocycles. The summed E-state index contributed by atoms with van der Waals surface area (Å²) in [5.41, 5.74) is 10.9. The van der Waals surface area contributed by atoms with Gasteiger partial charge in [0.15, 0.2) is 0 Å². The molecule has 0 aliphatic heterocycles. The van der Waals surface area contributed by atoms with Crippen LogP contribution in [0, 0.1) is 0 Å². The normalized spacial score (nSPS) is 9.50. The van der Waals surface area contributed by atoms with Crippen molar-refractivity contribution in [2.75, 3.05) is 0 Å². The van der Waals surface area contributed by atoms with Crippen LogP contribution in [0.5, 0.6) is 0 Å². The Morgan fingerprint density at radius 3 is 2.50 bits per heavy atom. The highest BCUT2D eigenvalue weighted by Gasteiger charge is 1.92. The van der Waals surface area contributed by atoms with Gasteiger partial charge >= 0.3 is 0 Å². The van der Waals surface area contributed by atoms with Crippen LogP contribution in [0.2, 0.25) is 5.02 Å². The standard InChI is InChI=1S/C8H9ClN4.CH4/c9-7-4-2-1-3-6(7)5-12-13-8(10)11;/h1-5H,(H4,10,11,13);1H4/b12-5+;. The van der Waals surface area contributed by atoms with Crippen LogP contribution in [0.15, 0.2) is 34.5 Å². The van der Waals surface area contributed by atoms with Gasteiger partial charge in [-0.1, -0.05) is 37.2 Å². The summed E-state index contributed by atoms with van der Waals surface area (Å²) in [4.78, 5) is 0. The van der Waals surface area contributed by atoms with E-state index in [1.165, 1.54) is 6.21 Å². The minimum atomic E-state index is -0.0803. The summed E-state index contributed by atoms with van der Waals surface area (Å²) in [6.07, 6.45) is 1.49. The van der Waals surface area contributed by atoms with Crippen LogP contribution in [0.4, 0.5) is 0 Å². The van der Waals surface area contributed by atoms with Crippen molar-refractivity contribution in [3.63, 3.8) is 0 Å². The monoisotopic (exact) mass is 212 g/mol. The molecule has 0 atom stereocenters. The minimum Gasteiger partial charge on any atom is -0.369 e. The fourth-order valence-corrected chi connectivity index (χ4v) is 0.922. The van der Waals surface area contributed by atoms with Crippen molar-refractivity contribution in [3.8, 4) is 0 Å². The van der Waals surface area contributed by atoms with E-state index in [0.717, 1.165) is 5.56 Å². The molecule has 1 aromatic carbocycles. The fraction of sp³-hybridized carbons (Fsp3) is 0.111. The quantitative estimate of drug-likeness (QED) is 0.444. The van der Waals surface area contributed by atoms with Gasteiger partial charge in [-0.05, 0) is 6.07 Å². The second kappa shape index (κ2) is 5.99. The molecule has 0 radical (unpaired) electrons. The Morgan fingerprint density at radius 1 is 1.29 bits per heavy atom. The lowest BCUT2D eigenvalue weighted by Gasteiger charge is -1.93. The molecule has 0 fully saturated rings. The first kappa shape index (κ1) is 12.5. The summed E-state index contributed by atoms with van der Waals surface area (Å²) in [7, 11) is 0. The van der Waals surface area contributed by atoms with E-state index in [1.54, 1.807) is 6.07 Å². The number of hydrogen-bond donors (Lipinski definition) is 2. The van der Waals surface area contributed by atoms with Gasteiger partial charge in [0.1, 0.15) is 0 Å². The zero-order chi connectivity index (χ0) is 9.68. The predicted molar refractivity (Wildman–Crippen MR) is 61.6 cm³/mol. The third-order valence-electron chi connectivity index (χ3n) is 1.28. The molecule has 0 unspecified atom stereocenters. The fourth-order valence-electron chi connectivity index (χ4n) is 0.738. The molecule has 0 bridgehead atoms. The molecule has 0 aliphatic rings. The molecule has 14 heavy (non-hydrogen) atoms. The van der Waals surface area contributed by atoms with Crippen molar-refractivity contribution in [1.82, 2.24) is 0 Å². The zero-order valence-corrected chi connectivity index (χ0v) is 7.57. The molecule has 0 aromatic heterocycles. The van der Waals surface area contributed by atoms with E-state index < -0.39 is 0 Å². The Morgan fingerprint density at radius 2 is 1.93 bits per heavy atom. The molecule has 0 saturated heterocycles. The Labute approximate surface area is 88.3 Å². The molecule has 0 saturated carbocycles. The number of nitrogens with two attached hydrogens (primary N) is 2. The van der Waals surface area contributed by atoms with Crippen molar-refractivity contribution in [3.05, 3.63) is 34.9 Å². The Bertz CT molecular complexity index is 342. The first-order valence-corrected chi connectivity index (χ1v) is 3.94. The minimum absolute atomic E-state index is 0. The summed E-state index contributed by atoms with van der Waals surface area (Å²) in [5.74, 6) is -0.0803. The van der Waals surface area contributed by atoms with Gasteiger partial charge in [-0.25, -0.2) is 0 Å². The van der Waals surface area contributed by atoms with E-state index in [0.29, 0.717) is 5.02 Å². The third kappa shape index (κ3) is 3.91. The summed E-state index contributed by atoms with van der Waals surface area (Å²) in [5, 5.41) is 7.68. The van der Waals surface area contributed by atoms with Crippen molar-refractivity contribution >= 4 is 23.8 Å². The van der Waals surface area contributed by atoms with Crippen LogP contribution in [0.3, 0.4) is 0 Å². The molecule has 1 rings (SSSR count). The highest BCUT2D eigenvalue weighted by atomic mass is 35.5. The number of benzene rings is 1. The molecule has 5 heteroatoms. The maximum Gasteiger partial charge on any atom is 0.211 e. The zero-order valence-electron chi connectivity index (χ0n) is 6.81. The maximum absolute atomic E-state index is 5.84. The van der Waals surface area contributed by atoms with Crippen LogP contribution in [0.25, 0.3) is 0 Å². The number of nitrogens with zero attached hydrogens (tertiary/aromatic N) is 2. The van der Waals surface area contributed by atoms with Crippen LogP contribution < -0.4 is 11.5 Å². The van der Waals surface area contributed by atoms with E-state index in [2.05, 4.69) is 10.2 Å². The van der Waals surface area contributed by atoms with Gasteiger partial charge in [0, 0.05) is 10.6 Å². The van der Waals surface area contributed by atoms with Gasteiger partial charge in [-0.15, -0.1) is 5.10 Å². The molecule has 4 nitrogen and oxygen atoms in total. The lowest BCUT2D eigenvalue weighted by atomic mass is 10.2. The third-order valence-corrected chi connectivity index (χ3v) is 1.62.